The van der Waals surface area contributed by atoms with Crippen LogP contribution in [0.3, 0.4) is 0 Å². The zero-order valence-electron chi connectivity index (χ0n) is 7.23. The minimum Gasteiger partial charge on any atom is -0.481 e. The smallest absolute Gasteiger partial charge is 0.303 e. The van der Waals surface area contributed by atoms with E-state index in [2.05, 4.69) is 0 Å². The van der Waals surface area contributed by atoms with Gasteiger partial charge in [0.05, 0.1) is 0 Å². The van der Waals surface area contributed by atoms with E-state index in [1.54, 1.807) is 0 Å². The maximum absolute atomic E-state index is 10.1. The molecule has 0 rings (SSSR count). The first-order valence-electron chi connectivity index (χ1n) is 3.93. The molecular weight excluding hydrogens is 152 g/mol. The first-order chi connectivity index (χ1) is 5.77. The van der Waals surface area contributed by atoms with Crippen molar-refractivity contribution >= 4 is 5.97 Å². The standard InChI is InChI=1S/C10H14O2/c1-2-3-4-5-6-7-8-9-10(11)12/h2-7H,8-9H2,1H3,(H,11,12)/b3-2-,5-4-,7-6+. The Morgan fingerprint density at radius 2 is 1.92 bits per heavy atom. The average Bonchev–Trinajstić information content (AvgIpc) is 2.02. The van der Waals surface area contributed by atoms with E-state index in [9.17, 15) is 4.79 Å². The van der Waals surface area contributed by atoms with Gasteiger partial charge in [-0.2, -0.15) is 0 Å². The normalized spacial score (nSPS) is 12.1. The minimum absolute atomic E-state index is 0.202. The molecule has 0 bridgehead atoms. The van der Waals surface area contributed by atoms with E-state index >= 15 is 0 Å². The molecule has 0 aliphatic carbocycles. The van der Waals surface area contributed by atoms with Crippen LogP contribution in [0.1, 0.15) is 19.8 Å². The first-order valence-corrected chi connectivity index (χ1v) is 3.93. The molecule has 0 aromatic carbocycles. The molecule has 0 aliphatic rings. The fourth-order valence-electron chi connectivity index (χ4n) is 0.621. The molecule has 0 aromatic rings. The summed E-state index contributed by atoms with van der Waals surface area (Å²) in [6.07, 6.45) is 12.1. The van der Waals surface area contributed by atoms with Gasteiger partial charge in [-0.3, -0.25) is 4.79 Å². The summed E-state index contributed by atoms with van der Waals surface area (Å²) in [7, 11) is 0. The molecule has 0 aliphatic heterocycles. The second kappa shape index (κ2) is 7.79. The highest BCUT2D eigenvalue weighted by Gasteiger charge is 1.90. The quantitative estimate of drug-likeness (QED) is 0.637. The summed E-state index contributed by atoms with van der Waals surface area (Å²) in [5.74, 6) is -0.753. The Labute approximate surface area is 72.9 Å². The Morgan fingerprint density at radius 3 is 2.50 bits per heavy atom. The molecule has 66 valence electrons. The molecule has 0 spiro atoms. The van der Waals surface area contributed by atoms with Crippen LogP contribution in [0.25, 0.3) is 0 Å². The molecule has 2 nitrogen and oxygen atoms in total. The predicted octanol–water partition coefficient (Wildman–Crippen LogP) is 2.54. The van der Waals surface area contributed by atoms with E-state index in [1.807, 2.05) is 43.4 Å². The van der Waals surface area contributed by atoms with Crippen LogP contribution in [0.4, 0.5) is 0 Å². The molecule has 0 unspecified atom stereocenters. The van der Waals surface area contributed by atoms with Gasteiger partial charge in [0, 0.05) is 6.42 Å². The summed E-state index contributed by atoms with van der Waals surface area (Å²) in [6, 6.07) is 0. The summed E-state index contributed by atoms with van der Waals surface area (Å²) in [6.45, 7) is 1.94. The molecule has 0 fully saturated rings. The number of hydrogen-bond acceptors (Lipinski definition) is 1. The molecule has 1 N–H and O–H groups in total. The van der Waals surface area contributed by atoms with E-state index in [4.69, 9.17) is 5.11 Å². The highest BCUT2D eigenvalue weighted by atomic mass is 16.4. The molecule has 0 saturated carbocycles. The van der Waals surface area contributed by atoms with E-state index in [-0.39, 0.29) is 6.42 Å². The summed E-state index contributed by atoms with van der Waals surface area (Å²) >= 11 is 0. The molecule has 0 atom stereocenters. The summed E-state index contributed by atoms with van der Waals surface area (Å²) in [5, 5.41) is 8.29. The van der Waals surface area contributed by atoms with Gasteiger partial charge in [0.15, 0.2) is 0 Å². The van der Waals surface area contributed by atoms with Crippen molar-refractivity contribution < 1.29 is 9.90 Å². The lowest BCUT2D eigenvalue weighted by Crippen LogP contribution is -1.91. The SMILES string of the molecule is C\C=C/C=C\C=C\CCC(=O)O. The highest BCUT2D eigenvalue weighted by Crippen LogP contribution is 1.90. The number of carbonyl (C=O) groups is 1. The van der Waals surface area contributed by atoms with Crippen LogP contribution >= 0.6 is 0 Å². The Bertz CT molecular complexity index is 200. The average molecular weight is 166 g/mol. The van der Waals surface area contributed by atoms with Crippen LogP contribution in [0, 0.1) is 0 Å². The fraction of sp³-hybridized carbons (Fsp3) is 0.300. The van der Waals surface area contributed by atoms with Crippen molar-refractivity contribution in [1.29, 1.82) is 0 Å². The van der Waals surface area contributed by atoms with Crippen molar-refractivity contribution in [3.63, 3.8) is 0 Å². The molecule has 0 heterocycles. The summed E-state index contributed by atoms with van der Waals surface area (Å²) in [5.41, 5.74) is 0. The summed E-state index contributed by atoms with van der Waals surface area (Å²) in [4.78, 5) is 10.1. The molecule has 0 amide bonds. The lowest BCUT2D eigenvalue weighted by atomic mass is 10.3. The number of carboxylic acids is 1. The van der Waals surface area contributed by atoms with Crippen LogP contribution < -0.4 is 0 Å². The third-order valence-corrected chi connectivity index (χ3v) is 1.19. The molecule has 0 saturated heterocycles. The Kier molecular flexibility index (Phi) is 6.94. The van der Waals surface area contributed by atoms with E-state index in [0.29, 0.717) is 6.42 Å². The third-order valence-electron chi connectivity index (χ3n) is 1.19. The third kappa shape index (κ3) is 8.69. The number of carboxylic acid groups (broad SMARTS) is 1. The van der Waals surface area contributed by atoms with Crippen molar-refractivity contribution in [2.45, 2.75) is 19.8 Å². The van der Waals surface area contributed by atoms with Crippen molar-refractivity contribution in [3.05, 3.63) is 36.5 Å². The number of rotatable bonds is 5. The lowest BCUT2D eigenvalue weighted by Gasteiger charge is -1.84. The maximum Gasteiger partial charge on any atom is 0.303 e. The van der Waals surface area contributed by atoms with Crippen LogP contribution in [0.2, 0.25) is 0 Å². The van der Waals surface area contributed by atoms with Gasteiger partial charge in [-0.1, -0.05) is 36.5 Å². The van der Waals surface area contributed by atoms with Gasteiger partial charge >= 0.3 is 5.97 Å². The van der Waals surface area contributed by atoms with Gasteiger partial charge in [-0.25, -0.2) is 0 Å². The van der Waals surface area contributed by atoms with Crippen LogP contribution in [-0.2, 0) is 4.79 Å². The van der Waals surface area contributed by atoms with Gasteiger partial charge in [0.2, 0.25) is 0 Å². The van der Waals surface area contributed by atoms with E-state index in [0.717, 1.165) is 0 Å². The zero-order valence-corrected chi connectivity index (χ0v) is 7.23. The molecular formula is C10H14O2. The Balaban J connectivity index is 3.43. The minimum atomic E-state index is -0.753. The van der Waals surface area contributed by atoms with Crippen molar-refractivity contribution in [3.8, 4) is 0 Å². The predicted molar refractivity (Wildman–Crippen MR) is 50.0 cm³/mol. The summed E-state index contributed by atoms with van der Waals surface area (Å²) < 4.78 is 0. The number of allylic oxidation sites excluding steroid dienone is 6. The van der Waals surface area contributed by atoms with Crippen LogP contribution in [0.15, 0.2) is 36.5 Å². The van der Waals surface area contributed by atoms with Crippen molar-refractivity contribution in [2.75, 3.05) is 0 Å². The topological polar surface area (TPSA) is 37.3 Å². The van der Waals surface area contributed by atoms with Crippen molar-refractivity contribution in [1.82, 2.24) is 0 Å². The van der Waals surface area contributed by atoms with Gasteiger partial charge in [-0.05, 0) is 13.3 Å². The zero-order chi connectivity index (χ0) is 9.23. The second-order valence-electron chi connectivity index (χ2n) is 2.27. The molecule has 0 radical (unpaired) electrons. The monoisotopic (exact) mass is 166 g/mol. The Hall–Kier alpha value is -1.31. The van der Waals surface area contributed by atoms with E-state index < -0.39 is 5.97 Å². The lowest BCUT2D eigenvalue weighted by molar-refractivity contribution is -0.136. The Morgan fingerprint density at radius 1 is 1.25 bits per heavy atom. The maximum atomic E-state index is 10.1. The molecule has 12 heavy (non-hydrogen) atoms. The largest absolute Gasteiger partial charge is 0.481 e. The fourth-order valence-corrected chi connectivity index (χ4v) is 0.621. The van der Waals surface area contributed by atoms with Crippen LogP contribution in [0.5, 0.6) is 0 Å². The van der Waals surface area contributed by atoms with E-state index in [1.165, 1.54) is 0 Å². The molecule has 0 aromatic heterocycles. The van der Waals surface area contributed by atoms with Gasteiger partial charge < -0.3 is 5.11 Å². The first kappa shape index (κ1) is 10.7. The van der Waals surface area contributed by atoms with Gasteiger partial charge in [0.1, 0.15) is 0 Å². The van der Waals surface area contributed by atoms with Gasteiger partial charge in [0.25, 0.3) is 0 Å². The van der Waals surface area contributed by atoms with Crippen molar-refractivity contribution in [2.24, 2.45) is 0 Å². The van der Waals surface area contributed by atoms with Gasteiger partial charge in [-0.15, -0.1) is 0 Å². The highest BCUT2D eigenvalue weighted by molar-refractivity contribution is 5.66. The number of hydrogen-bond donors (Lipinski definition) is 1. The number of aliphatic carboxylic acids is 1. The van der Waals surface area contributed by atoms with Crippen LogP contribution in [-0.4, -0.2) is 11.1 Å². The molecule has 2 heteroatoms. The second-order valence-corrected chi connectivity index (χ2v) is 2.27.